The number of halogens is 1. The third-order valence-electron chi connectivity index (χ3n) is 2.19. The van der Waals surface area contributed by atoms with Crippen molar-refractivity contribution in [3.05, 3.63) is 41.2 Å². The second-order valence-corrected chi connectivity index (χ2v) is 3.49. The maximum atomic E-state index is 11.5. The van der Waals surface area contributed by atoms with Crippen LogP contribution in [-0.4, -0.2) is 17.9 Å². The van der Waals surface area contributed by atoms with Crippen LogP contribution in [0.1, 0.15) is 10.5 Å². The van der Waals surface area contributed by atoms with Gasteiger partial charge in [-0.1, -0.05) is 35.9 Å². The van der Waals surface area contributed by atoms with Crippen LogP contribution in [0.15, 0.2) is 30.5 Å². The van der Waals surface area contributed by atoms with E-state index in [9.17, 15) is 4.79 Å². The van der Waals surface area contributed by atoms with Crippen LogP contribution < -0.4 is 5.32 Å². The maximum Gasteiger partial charge on any atom is 0.270 e. The Balaban J connectivity index is 2.77. The number of fused-ring (bicyclic) bond motifs is 1. The van der Waals surface area contributed by atoms with Crippen molar-refractivity contribution >= 4 is 28.3 Å². The lowest BCUT2D eigenvalue weighted by molar-refractivity contribution is 0.0960. The molecule has 0 atom stereocenters. The van der Waals surface area contributed by atoms with Crippen LogP contribution in [0, 0.1) is 0 Å². The third-order valence-corrected chi connectivity index (χ3v) is 2.49. The second kappa shape index (κ2) is 3.87. The van der Waals surface area contributed by atoms with Crippen molar-refractivity contribution in [3.63, 3.8) is 0 Å². The Morgan fingerprint density at radius 3 is 2.67 bits per heavy atom. The van der Waals surface area contributed by atoms with Crippen LogP contribution in [0.25, 0.3) is 10.8 Å². The molecule has 0 aliphatic heterocycles. The van der Waals surface area contributed by atoms with Crippen molar-refractivity contribution in [2.45, 2.75) is 0 Å². The molecule has 0 saturated heterocycles. The van der Waals surface area contributed by atoms with Crippen LogP contribution >= 0.6 is 11.6 Å². The van der Waals surface area contributed by atoms with E-state index in [4.69, 9.17) is 11.6 Å². The molecule has 0 bridgehead atoms. The lowest BCUT2D eigenvalue weighted by Crippen LogP contribution is -2.19. The van der Waals surface area contributed by atoms with Gasteiger partial charge >= 0.3 is 0 Å². The van der Waals surface area contributed by atoms with E-state index in [0.717, 1.165) is 10.8 Å². The minimum Gasteiger partial charge on any atom is -0.354 e. The average Bonchev–Trinajstić information content (AvgIpc) is 2.29. The number of aromatic nitrogens is 1. The molecule has 0 unspecified atom stereocenters. The first-order valence-corrected chi connectivity index (χ1v) is 4.87. The predicted molar refractivity (Wildman–Crippen MR) is 60.1 cm³/mol. The van der Waals surface area contributed by atoms with Crippen molar-refractivity contribution in [1.29, 1.82) is 0 Å². The number of nitrogens with zero attached hydrogens (tertiary/aromatic N) is 1. The predicted octanol–water partition coefficient (Wildman–Crippen LogP) is 2.25. The van der Waals surface area contributed by atoms with E-state index in [2.05, 4.69) is 10.3 Å². The number of rotatable bonds is 1. The first-order chi connectivity index (χ1) is 7.24. The third kappa shape index (κ3) is 1.66. The average molecular weight is 221 g/mol. The Morgan fingerprint density at radius 1 is 1.33 bits per heavy atom. The fourth-order valence-corrected chi connectivity index (χ4v) is 1.67. The minimum absolute atomic E-state index is 0.206. The number of amides is 1. The summed E-state index contributed by atoms with van der Waals surface area (Å²) in [6.45, 7) is 0. The molecule has 0 aliphatic rings. The quantitative estimate of drug-likeness (QED) is 0.801. The minimum atomic E-state index is -0.206. The highest BCUT2D eigenvalue weighted by Crippen LogP contribution is 2.24. The summed E-state index contributed by atoms with van der Waals surface area (Å²) >= 11 is 5.98. The molecule has 2 rings (SSSR count). The summed E-state index contributed by atoms with van der Waals surface area (Å²) in [7, 11) is 1.58. The number of benzene rings is 1. The highest BCUT2D eigenvalue weighted by atomic mass is 35.5. The molecule has 3 nitrogen and oxygen atoms in total. The molecule has 1 amide bonds. The number of hydrogen-bond acceptors (Lipinski definition) is 2. The number of carbonyl (C=O) groups is 1. The molecule has 0 saturated carbocycles. The summed E-state index contributed by atoms with van der Waals surface area (Å²) in [4.78, 5) is 15.6. The molecule has 1 aromatic carbocycles. The van der Waals surface area contributed by atoms with E-state index in [1.54, 1.807) is 7.05 Å². The molecule has 4 heteroatoms. The van der Waals surface area contributed by atoms with Crippen molar-refractivity contribution in [1.82, 2.24) is 10.3 Å². The fraction of sp³-hybridized carbons (Fsp3) is 0.0909. The number of carbonyl (C=O) groups excluding carboxylic acids is 1. The van der Waals surface area contributed by atoms with Crippen molar-refractivity contribution in [2.75, 3.05) is 7.05 Å². The van der Waals surface area contributed by atoms with Crippen LogP contribution in [0.3, 0.4) is 0 Å². The highest BCUT2D eigenvalue weighted by molar-refractivity contribution is 6.35. The lowest BCUT2D eigenvalue weighted by Gasteiger charge is -2.05. The lowest BCUT2D eigenvalue weighted by atomic mass is 10.1. The Kier molecular flexibility index (Phi) is 2.56. The molecule has 1 aromatic heterocycles. The van der Waals surface area contributed by atoms with Crippen LogP contribution in [0.2, 0.25) is 5.02 Å². The standard InChI is InChI=1S/C11H9ClN2O/c1-13-11(15)10-8-5-3-2-4-7(8)9(12)6-14-10/h2-6H,1H3,(H,13,15). The van der Waals surface area contributed by atoms with E-state index >= 15 is 0 Å². The Labute approximate surface area is 92.1 Å². The van der Waals surface area contributed by atoms with Crippen LogP contribution in [0.5, 0.6) is 0 Å². The summed E-state index contributed by atoms with van der Waals surface area (Å²) < 4.78 is 0. The Hall–Kier alpha value is -1.61. The summed E-state index contributed by atoms with van der Waals surface area (Å²) in [5, 5.41) is 4.71. The molecule has 0 fully saturated rings. The summed E-state index contributed by atoms with van der Waals surface area (Å²) in [6, 6.07) is 7.43. The Bertz CT molecular complexity index is 525. The molecular formula is C11H9ClN2O. The van der Waals surface area contributed by atoms with Gasteiger partial charge in [0.2, 0.25) is 0 Å². The van der Waals surface area contributed by atoms with Gasteiger partial charge in [0.1, 0.15) is 5.69 Å². The first kappa shape index (κ1) is 9.93. The van der Waals surface area contributed by atoms with Gasteiger partial charge in [-0.25, -0.2) is 4.98 Å². The maximum absolute atomic E-state index is 11.5. The molecule has 0 aliphatic carbocycles. The van der Waals surface area contributed by atoms with Crippen molar-refractivity contribution in [2.24, 2.45) is 0 Å². The van der Waals surface area contributed by atoms with Gasteiger partial charge in [-0.2, -0.15) is 0 Å². The first-order valence-electron chi connectivity index (χ1n) is 4.49. The summed E-state index contributed by atoms with van der Waals surface area (Å²) in [5.74, 6) is -0.206. The van der Waals surface area contributed by atoms with Crippen molar-refractivity contribution in [3.8, 4) is 0 Å². The van der Waals surface area contributed by atoms with Gasteiger partial charge in [0, 0.05) is 24.0 Å². The van der Waals surface area contributed by atoms with Crippen molar-refractivity contribution < 1.29 is 4.79 Å². The van der Waals surface area contributed by atoms with E-state index in [0.29, 0.717) is 10.7 Å². The van der Waals surface area contributed by atoms with Gasteiger partial charge in [-0.3, -0.25) is 4.79 Å². The second-order valence-electron chi connectivity index (χ2n) is 3.08. The van der Waals surface area contributed by atoms with Gasteiger partial charge in [0.25, 0.3) is 5.91 Å². The Morgan fingerprint density at radius 2 is 2.00 bits per heavy atom. The molecule has 0 radical (unpaired) electrons. The van der Waals surface area contributed by atoms with Gasteiger partial charge in [-0.05, 0) is 0 Å². The van der Waals surface area contributed by atoms with Crippen LogP contribution in [-0.2, 0) is 0 Å². The zero-order chi connectivity index (χ0) is 10.8. The molecule has 1 heterocycles. The topological polar surface area (TPSA) is 42.0 Å². The van der Waals surface area contributed by atoms with Crippen LogP contribution in [0.4, 0.5) is 0 Å². The number of pyridine rings is 1. The summed E-state index contributed by atoms with van der Waals surface area (Å²) in [6.07, 6.45) is 1.49. The monoisotopic (exact) mass is 220 g/mol. The van der Waals surface area contributed by atoms with Gasteiger partial charge in [-0.15, -0.1) is 0 Å². The molecule has 76 valence electrons. The van der Waals surface area contributed by atoms with E-state index in [1.165, 1.54) is 6.20 Å². The zero-order valence-electron chi connectivity index (χ0n) is 8.12. The molecule has 15 heavy (non-hydrogen) atoms. The molecular weight excluding hydrogens is 212 g/mol. The summed E-state index contributed by atoms with van der Waals surface area (Å²) in [5.41, 5.74) is 0.400. The smallest absolute Gasteiger partial charge is 0.270 e. The number of hydrogen-bond donors (Lipinski definition) is 1. The SMILES string of the molecule is CNC(=O)c1ncc(Cl)c2ccccc12. The molecule has 2 aromatic rings. The molecule has 1 N–H and O–H groups in total. The van der Waals surface area contributed by atoms with Gasteiger partial charge < -0.3 is 5.32 Å². The van der Waals surface area contributed by atoms with Gasteiger partial charge in [0.05, 0.1) is 5.02 Å². The normalized spacial score (nSPS) is 10.3. The van der Waals surface area contributed by atoms with Gasteiger partial charge in [0.15, 0.2) is 0 Å². The number of nitrogens with one attached hydrogen (secondary N) is 1. The van der Waals surface area contributed by atoms with E-state index in [1.807, 2.05) is 24.3 Å². The fourth-order valence-electron chi connectivity index (χ4n) is 1.46. The van der Waals surface area contributed by atoms with E-state index < -0.39 is 0 Å². The molecule has 0 spiro atoms. The zero-order valence-corrected chi connectivity index (χ0v) is 8.88. The van der Waals surface area contributed by atoms with E-state index in [-0.39, 0.29) is 5.91 Å². The largest absolute Gasteiger partial charge is 0.354 e. The highest BCUT2D eigenvalue weighted by Gasteiger charge is 2.11.